The molecule has 0 aliphatic carbocycles. The molecule has 0 aromatic carbocycles. The Bertz CT molecular complexity index is 752. The van der Waals surface area contributed by atoms with Crippen LogP contribution in [-0.4, -0.2) is 65.2 Å². The van der Waals surface area contributed by atoms with E-state index in [-0.39, 0.29) is 29.9 Å². The maximum Gasteiger partial charge on any atom is 0.251 e. The van der Waals surface area contributed by atoms with Crippen LogP contribution >= 0.6 is 0 Å². The lowest BCUT2D eigenvalue weighted by atomic mass is 9.98. The average molecular weight is 387 g/mol. The van der Waals surface area contributed by atoms with Crippen molar-refractivity contribution in [3.8, 4) is 0 Å². The third-order valence-corrected chi connectivity index (χ3v) is 5.24. The number of hydrogen-bond acceptors (Lipinski definition) is 6. The normalized spacial score (nSPS) is 24.0. The quantitative estimate of drug-likeness (QED) is 0.600. The highest BCUT2D eigenvalue weighted by Gasteiger charge is 2.37. The molecule has 2 amide bonds. The number of amides is 2. The van der Waals surface area contributed by atoms with Crippen LogP contribution < -0.4 is 16.0 Å². The van der Waals surface area contributed by atoms with Crippen LogP contribution in [0.25, 0.3) is 0 Å². The SMILES string of the molecule is C=CC(=O)N1CCN(C2=CNC3=NC=C(C(=O)NC(C)C)C3N2)C(C(C)C)C1. The number of fused-ring (bicyclic) bond motifs is 1. The van der Waals surface area contributed by atoms with E-state index in [4.69, 9.17) is 0 Å². The highest BCUT2D eigenvalue weighted by atomic mass is 16.2. The molecular formula is C20H30N6O2. The van der Waals surface area contributed by atoms with Gasteiger partial charge in [-0.1, -0.05) is 20.4 Å². The van der Waals surface area contributed by atoms with Gasteiger partial charge in [0.2, 0.25) is 5.91 Å². The van der Waals surface area contributed by atoms with Crippen molar-refractivity contribution >= 4 is 17.6 Å². The lowest BCUT2D eigenvalue weighted by Gasteiger charge is -2.46. The van der Waals surface area contributed by atoms with Gasteiger partial charge in [-0.2, -0.15) is 0 Å². The van der Waals surface area contributed by atoms with Crippen LogP contribution in [0.2, 0.25) is 0 Å². The van der Waals surface area contributed by atoms with Crippen molar-refractivity contribution in [1.29, 1.82) is 0 Å². The van der Waals surface area contributed by atoms with Gasteiger partial charge >= 0.3 is 0 Å². The van der Waals surface area contributed by atoms with Crippen molar-refractivity contribution in [3.63, 3.8) is 0 Å². The molecule has 0 spiro atoms. The van der Waals surface area contributed by atoms with E-state index in [0.717, 1.165) is 11.7 Å². The van der Waals surface area contributed by atoms with E-state index in [1.165, 1.54) is 6.08 Å². The summed E-state index contributed by atoms with van der Waals surface area (Å²) in [6, 6.07) is -0.0702. The van der Waals surface area contributed by atoms with Crippen LogP contribution in [0.1, 0.15) is 27.7 Å². The zero-order chi connectivity index (χ0) is 20.4. The number of carbonyl (C=O) groups is 2. The van der Waals surface area contributed by atoms with E-state index in [9.17, 15) is 9.59 Å². The Morgan fingerprint density at radius 2 is 2.07 bits per heavy atom. The summed E-state index contributed by atoms with van der Waals surface area (Å²) in [5, 5.41) is 9.63. The smallest absolute Gasteiger partial charge is 0.251 e. The highest BCUT2D eigenvalue weighted by molar-refractivity contribution is 6.07. The summed E-state index contributed by atoms with van der Waals surface area (Å²) in [7, 11) is 0. The minimum Gasteiger partial charge on any atom is -0.356 e. The van der Waals surface area contributed by atoms with E-state index in [1.54, 1.807) is 6.20 Å². The van der Waals surface area contributed by atoms with Crippen molar-refractivity contribution < 1.29 is 9.59 Å². The number of aliphatic imine (C=N–C) groups is 1. The molecule has 0 radical (unpaired) electrons. The number of rotatable bonds is 5. The molecule has 1 saturated heterocycles. The topological polar surface area (TPSA) is 89.1 Å². The summed E-state index contributed by atoms with van der Waals surface area (Å²) in [5.74, 6) is 1.84. The Morgan fingerprint density at radius 1 is 1.32 bits per heavy atom. The van der Waals surface area contributed by atoms with Gasteiger partial charge in [-0.15, -0.1) is 0 Å². The Morgan fingerprint density at radius 3 is 2.71 bits per heavy atom. The van der Waals surface area contributed by atoms with Crippen LogP contribution in [0.5, 0.6) is 0 Å². The minimum atomic E-state index is -0.292. The molecule has 28 heavy (non-hydrogen) atoms. The van der Waals surface area contributed by atoms with Gasteiger partial charge in [0, 0.05) is 38.1 Å². The van der Waals surface area contributed by atoms with Gasteiger partial charge in [-0.25, -0.2) is 4.99 Å². The Labute approximate surface area is 166 Å². The van der Waals surface area contributed by atoms with Crippen LogP contribution in [-0.2, 0) is 9.59 Å². The van der Waals surface area contributed by atoms with E-state index in [1.807, 2.05) is 24.9 Å². The first-order valence-electron chi connectivity index (χ1n) is 9.81. The lowest BCUT2D eigenvalue weighted by molar-refractivity contribution is -0.129. The second-order valence-electron chi connectivity index (χ2n) is 7.97. The summed E-state index contributed by atoms with van der Waals surface area (Å²) in [6.07, 6.45) is 4.89. The Hall–Kier alpha value is -2.77. The molecule has 2 unspecified atom stereocenters. The largest absolute Gasteiger partial charge is 0.356 e. The summed E-state index contributed by atoms with van der Waals surface area (Å²) in [4.78, 5) is 33.0. The molecule has 0 aromatic heterocycles. The van der Waals surface area contributed by atoms with Crippen LogP contribution in [0, 0.1) is 5.92 Å². The molecule has 1 fully saturated rings. The fraction of sp³-hybridized carbons (Fsp3) is 0.550. The Kier molecular flexibility index (Phi) is 5.76. The van der Waals surface area contributed by atoms with Gasteiger partial charge in [0.15, 0.2) is 0 Å². The summed E-state index contributed by atoms with van der Waals surface area (Å²) in [5.41, 5.74) is 0.600. The van der Waals surface area contributed by atoms with E-state index in [0.29, 0.717) is 31.1 Å². The first kappa shape index (κ1) is 20.0. The molecule has 8 heteroatoms. The van der Waals surface area contributed by atoms with Gasteiger partial charge in [0.25, 0.3) is 5.91 Å². The van der Waals surface area contributed by atoms with E-state index >= 15 is 0 Å². The average Bonchev–Trinajstić information content (AvgIpc) is 3.09. The lowest BCUT2D eigenvalue weighted by Crippen LogP contribution is -2.60. The molecule has 3 N–H and O–H groups in total. The number of amidine groups is 1. The van der Waals surface area contributed by atoms with Crippen LogP contribution in [0.3, 0.4) is 0 Å². The zero-order valence-corrected chi connectivity index (χ0v) is 17.0. The number of carbonyl (C=O) groups excluding carboxylic acids is 2. The standard InChI is InChI=1S/C20H30N6O2/c1-6-17(27)25-7-8-26(15(11-25)12(2)3)16-10-22-19-18(24-16)14(9-21-19)20(28)23-13(4)5/h6,9-10,12-13,15,18,24H,1,7-8,11H2,2-5H3,(H,21,22)(H,23,28). The molecule has 3 rings (SSSR count). The summed E-state index contributed by atoms with van der Waals surface area (Å²) >= 11 is 0. The summed E-state index contributed by atoms with van der Waals surface area (Å²) < 4.78 is 0. The molecule has 8 nitrogen and oxygen atoms in total. The molecule has 152 valence electrons. The fourth-order valence-corrected chi connectivity index (χ4v) is 3.74. The Balaban J connectivity index is 1.74. The molecule has 3 aliphatic rings. The van der Waals surface area contributed by atoms with Crippen molar-refractivity contribution in [2.45, 2.75) is 45.8 Å². The third-order valence-electron chi connectivity index (χ3n) is 5.24. The first-order chi connectivity index (χ1) is 13.3. The molecule has 2 atom stereocenters. The number of nitrogens with zero attached hydrogens (tertiary/aromatic N) is 3. The van der Waals surface area contributed by atoms with Gasteiger partial charge in [0.05, 0.1) is 11.6 Å². The maximum absolute atomic E-state index is 12.5. The number of hydrogen-bond donors (Lipinski definition) is 3. The molecule has 0 bridgehead atoms. The zero-order valence-electron chi connectivity index (χ0n) is 17.0. The van der Waals surface area contributed by atoms with Gasteiger partial charge in [-0.3, -0.25) is 9.59 Å². The predicted molar refractivity (Wildman–Crippen MR) is 109 cm³/mol. The minimum absolute atomic E-state index is 0.0326. The molecule has 3 heterocycles. The van der Waals surface area contributed by atoms with Crippen molar-refractivity contribution in [1.82, 2.24) is 25.8 Å². The van der Waals surface area contributed by atoms with Crippen molar-refractivity contribution in [2.75, 3.05) is 19.6 Å². The second kappa shape index (κ2) is 8.08. The third kappa shape index (κ3) is 3.90. The van der Waals surface area contributed by atoms with Crippen LogP contribution in [0.4, 0.5) is 0 Å². The van der Waals surface area contributed by atoms with Crippen molar-refractivity contribution in [2.24, 2.45) is 10.9 Å². The van der Waals surface area contributed by atoms with Gasteiger partial charge in [-0.05, 0) is 25.8 Å². The molecule has 0 aromatic rings. The first-order valence-corrected chi connectivity index (χ1v) is 9.81. The fourth-order valence-electron chi connectivity index (χ4n) is 3.74. The highest BCUT2D eigenvalue weighted by Crippen LogP contribution is 2.24. The summed E-state index contributed by atoms with van der Waals surface area (Å²) in [6.45, 7) is 13.8. The van der Waals surface area contributed by atoms with Gasteiger partial charge < -0.3 is 25.8 Å². The second-order valence-corrected chi connectivity index (χ2v) is 7.97. The monoisotopic (exact) mass is 386 g/mol. The number of nitrogens with one attached hydrogen (secondary N) is 3. The predicted octanol–water partition coefficient (Wildman–Crippen LogP) is 0.522. The molecule has 3 aliphatic heterocycles. The van der Waals surface area contributed by atoms with E-state index in [2.05, 4.69) is 46.3 Å². The van der Waals surface area contributed by atoms with E-state index < -0.39 is 0 Å². The maximum atomic E-state index is 12.5. The van der Waals surface area contributed by atoms with Gasteiger partial charge in [0.1, 0.15) is 17.7 Å². The number of piperazine rings is 1. The van der Waals surface area contributed by atoms with Crippen molar-refractivity contribution in [3.05, 3.63) is 36.4 Å². The molecular weight excluding hydrogens is 356 g/mol. The van der Waals surface area contributed by atoms with Crippen LogP contribution in [0.15, 0.2) is 41.4 Å². The molecule has 0 saturated carbocycles.